The number of benzene rings is 3. The number of phenols is 1. The van der Waals surface area contributed by atoms with E-state index in [0.717, 1.165) is 0 Å². The van der Waals surface area contributed by atoms with Crippen molar-refractivity contribution in [1.82, 2.24) is 10.6 Å². The Kier molecular flexibility index (Phi) is 16.0. The maximum atomic E-state index is 14.5. The first-order chi connectivity index (χ1) is 28.2. The molecule has 3 rings (SSSR count). The van der Waals surface area contributed by atoms with Crippen LogP contribution in [0.5, 0.6) is 5.75 Å². The molecule has 3 aromatic rings. The number of nitrogens with one attached hydrogen (secondary N) is 2. The largest absolute Gasteiger partial charge is 0.508 e. The second-order valence-corrected chi connectivity index (χ2v) is 13.6. The number of ketones is 2. The number of amides is 3. The number of carbonyl (C=O) groups excluding carboxylic acids is 5. The van der Waals surface area contributed by atoms with E-state index in [-0.39, 0.29) is 50.5 Å². The van der Waals surface area contributed by atoms with Crippen molar-refractivity contribution in [2.24, 2.45) is 39.8 Å². The molecule has 14 heteroatoms. The van der Waals surface area contributed by atoms with Crippen molar-refractivity contribution in [2.75, 3.05) is 13.1 Å². The maximum absolute atomic E-state index is 14.5. The van der Waals surface area contributed by atoms with Crippen LogP contribution in [0.15, 0.2) is 77.8 Å². The molecule has 0 bridgehead atoms. The first-order valence-corrected chi connectivity index (χ1v) is 18.4. The SMILES string of the molecule is [2H]C([2H])(CN)C([2H])([2H])C[C@H](NC(=O)[C@@H](CC(=O)[C@@H](CCCN=C(N)N)NC(=O)OCc1ccccc1)Cc1c(C)cc(O)cc1C)C(=O)C[C@@H](Cc1ccccc1)C(N)=O. The number of aryl methyl sites for hydroxylation is 2. The highest BCUT2D eigenvalue weighted by Gasteiger charge is 2.32. The topological polar surface area (TPSA) is 255 Å². The number of aromatic hydroxyl groups is 1. The number of aliphatic imine (C=N–C) groups is 1. The molecule has 0 saturated carbocycles. The van der Waals surface area contributed by atoms with Gasteiger partial charge in [-0.25, -0.2) is 4.79 Å². The van der Waals surface area contributed by atoms with Gasteiger partial charge in [0.05, 0.1) is 12.1 Å². The third-order valence-corrected chi connectivity index (χ3v) is 9.20. The first kappa shape index (κ1) is 38.5. The Labute approximate surface area is 334 Å². The Bertz CT molecular complexity index is 1940. The fourth-order valence-electron chi connectivity index (χ4n) is 6.24. The van der Waals surface area contributed by atoms with Crippen molar-refractivity contribution in [2.45, 2.75) is 90.2 Å². The van der Waals surface area contributed by atoms with Crippen LogP contribution in [0.25, 0.3) is 0 Å². The number of nitrogens with zero attached hydrogens (tertiary/aromatic N) is 1. The van der Waals surface area contributed by atoms with E-state index in [4.69, 9.17) is 33.2 Å². The molecule has 0 aliphatic rings. The predicted octanol–water partition coefficient (Wildman–Crippen LogP) is 3.39. The van der Waals surface area contributed by atoms with Gasteiger partial charge in [-0.1, -0.05) is 60.7 Å². The quantitative estimate of drug-likeness (QED) is 0.0397. The lowest BCUT2D eigenvalue weighted by atomic mass is 9.86. The van der Waals surface area contributed by atoms with Gasteiger partial charge in [0, 0.05) is 36.7 Å². The molecule has 11 N–H and O–H groups in total. The van der Waals surface area contributed by atoms with E-state index in [1.807, 2.05) is 0 Å². The fourth-order valence-corrected chi connectivity index (χ4v) is 6.24. The van der Waals surface area contributed by atoms with Crippen molar-refractivity contribution >= 4 is 35.4 Å². The molecule has 3 aromatic carbocycles. The van der Waals surface area contributed by atoms with E-state index in [1.54, 1.807) is 74.5 Å². The minimum atomic E-state index is -2.75. The van der Waals surface area contributed by atoms with E-state index >= 15 is 0 Å². The van der Waals surface area contributed by atoms with Gasteiger partial charge < -0.3 is 43.4 Å². The molecule has 0 saturated heterocycles. The summed E-state index contributed by atoms with van der Waals surface area (Å²) in [6.45, 7) is 2.72. The van der Waals surface area contributed by atoms with Crippen molar-refractivity contribution < 1.29 is 39.3 Å². The van der Waals surface area contributed by atoms with Crippen LogP contribution < -0.4 is 33.6 Å². The molecule has 0 fully saturated rings. The molecule has 3 amide bonds. The molecule has 0 aliphatic carbocycles. The van der Waals surface area contributed by atoms with E-state index in [2.05, 4.69) is 15.6 Å². The fraction of sp³-hybridized carbons (Fsp3) is 0.429. The van der Waals surface area contributed by atoms with Gasteiger partial charge in [-0.2, -0.15) is 0 Å². The van der Waals surface area contributed by atoms with E-state index in [1.165, 1.54) is 12.1 Å². The second kappa shape index (κ2) is 23.2. The zero-order chi connectivity index (χ0) is 44.6. The Morgan fingerprint density at radius 3 is 1.93 bits per heavy atom. The lowest BCUT2D eigenvalue weighted by Crippen LogP contribution is -2.47. The highest BCUT2D eigenvalue weighted by atomic mass is 16.5. The summed E-state index contributed by atoms with van der Waals surface area (Å²) in [6.07, 6.45) is -7.87. The molecule has 0 spiro atoms. The number of hydrogen-bond donors (Lipinski definition) is 7. The second-order valence-electron chi connectivity index (χ2n) is 13.6. The Balaban J connectivity index is 2.00. The van der Waals surface area contributed by atoms with Crippen LogP contribution in [0.1, 0.15) is 78.2 Å². The van der Waals surface area contributed by atoms with Gasteiger partial charge in [0.1, 0.15) is 12.4 Å². The number of alkyl carbamates (subject to hydrolysis) is 1. The average molecular weight is 776 g/mol. The Hall–Kier alpha value is -5.76. The summed E-state index contributed by atoms with van der Waals surface area (Å²) in [6, 6.07) is 17.7. The summed E-state index contributed by atoms with van der Waals surface area (Å²) >= 11 is 0. The van der Waals surface area contributed by atoms with Crippen LogP contribution in [0.4, 0.5) is 4.79 Å². The molecular formula is C42H57N7O7. The molecule has 0 aromatic heterocycles. The highest BCUT2D eigenvalue weighted by molar-refractivity contribution is 5.95. The van der Waals surface area contributed by atoms with Crippen LogP contribution in [0.2, 0.25) is 0 Å². The maximum Gasteiger partial charge on any atom is 0.408 e. The zero-order valence-corrected chi connectivity index (χ0v) is 32.0. The van der Waals surface area contributed by atoms with Crippen molar-refractivity contribution in [3.05, 3.63) is 101 Å². The molecule has 0 radical (unpaired) electrons. The van der Waals surface area contributed by atoms with Gasteiger partial charge in [-0.15, -0.1) is 0 Å². The van der Waals surface area contributed by atoms with E-state index in [0.29, 0.717) is 27.8 Å². The van der Waals surface area contributed by atoms with Gasteiger partial charge in [0.2, 0.25) is 11.8 Å². The van der Waals surface area contributed by atoms with Gasteiger partial charge in [0.25, 0.3) is 0 Å². The molecule has 4 atom stereocenters. The molecule has 14 nitrogen and oxygen atoms in total. The van der Waals surface area contributed by atoms with Gasteiger partial charge in [-0.05, 0) is 105 Å². The number of ether oxygens (including phenoxy) is 1. The van der Waals surface area contributed by atoms with Crippen molar-refractivity contribution in [3.63, 3.8) is 0 Å². The van der Waals surface area contributed by atoms with Crippen LogP contribution in [0.3, 0.4) is 0 Å². The van der Waals surface area contributed by atoms with Crippen LogP contribution in [-0.4, -0.2) is 65.7 Å². The first-order valence-electron chi connectivity index (χ1n) is 20.4. The number of phenolic OH excluding ortho intramolecular Hbond substituents is 1. The molecule has 0 heterocycles. The minimum absolute atomic E-state index is 0.0218. The monoisotopic (exact) mass is 775 g/mol. The van der Waals surface area contributed by atoms with E-state index in [9.17, 15) is 29.1 Å². The molecule has 0 aliphatic heterocycles. The normalized spacial score (nSPS) is 14.6. The number of hydrogen-bond acceptors (Lipinski definition) is 9. The highest BCUT2D eigenvalue weighted by Crippen LogP contribution is 2.26. The summed E-state index contributed by atoms with van der Waals surface area (Å²) in [5.74, 6) is -5.52. The van der Waals surface area contributed by atoms with Gasteiger partial charge >= 0.3 is 6.09 Å². The van der Waals surface area contributed by atoms with Gasteiger partial charge in [-0.3, -0.25) is 24.2 Å². The smallest absolute Gasteiger partial charge is 0.408 e. The summed E-state index contributed by atoms with van der Waals surface area (Å²) in [4.78, 5) is 72.3. The number of rotatable bonds is 24. The molecule has 56 heavy (non-hydrogen) atoms. The Morgan fingerprint density at radius 2 is 1.36 bits per heavy atom. The average Bonchev–Trinajstić information content (AvgIpc) is 3.18. The standard InChI is InChI=1S/C42H57N7O7/c1-27-20-33(50)21-28(2)34(27)23-32(25-38(52)36(17-11-19-47-41(45)46)49-42(55)56-26-30-14-7-4-8-15-30)40(54)48-35(16-9-10-18-43)37(51)24-31(39(44)53)22-29-12-5-3-6-13-29/h3-8,12-15,20-21,31-32,35-36,50H,9-11,16-19,22-26,43H2,1-2H3,(H2,44,53)(H,48,54)(H,49,55)(H4,45,46,47)/t31-,32-,35+,36-/m1/s1/i9D2,10D2. The predicted molar refractivity (Wildman–Crippen MR) is 215 cm³/mol. The van der Waals surface area contributed by atoms with Crippen LogP contribution in [0, 0.1) is 25.7 Å². The number of guanidine groups is 1. The summed E-state index contributed by atoms with van der Waals surface area (Å²) in [5.41, 5.74) is 25.4. The lowest BCUT2D eigenvalue weighted by Gasteiger charge is -2.25. The van der Waals surface area contributed by atoms with Crippen molar-refractivity contribution in [3.8, 4) is 5.75 Å². The summed E-state index contributed by atoms with van der Waals surface area (Å²) in [7, 11) is 0. The zero-order valence-electron chi connectivity index (χ0n) is 36.0. The van der Waals surface area contributed by atoms with Crippen LogP contribution >= 0.6 is 0 Å². The third kappa shape index (κ3) is 15.5. The number of carbonyl (C=O) groups is 5. The summed E-state index contributed by atoms with van der Waals surface area (Å²) < 4.78 is 39.1. The molecule has 302 valence electrons. The molecule has 0 unspecified atom stereocenters. The van der Waals surface area contributed by atoms with Crippen molar-refractivity contribution in [1.29, 1.82) is 0 Å². The number of primary amides is 1. The lowest BCUT2D eigenvalue weighted by molar-refractivity contribution is -0.134. The molecular weight excluding hydrogens is 715 g/mol. The van der Waals surface area contributed by atoms with Gasteiger partial charge in [0.15, 0.2) is 17.5 Å². The minimum Gasteiger partial charge on any atom is -0.508 e. The third-order valence-electron chi connectivity index (χ3n) is 9.20. The summed E-state index contributed by atoms with van der Waals surface area (Å²) in [5, 5.41) is 15.4. The Morgan fingerprint density at radius 1 is 0.786 bits per heavy atom. The van der Waals surface area contributed by atoms with E-state index < -0.39 is 91.9 Å². The number of nitrogens with two attached hydrogens (primary N) is 4. The van der Waals surface area contributed by atoms with Crippen LogP contribution in [-0.2, 0) is 43.4 Å². The number of Topliss-reactive ketones (excluding diaryl/α,β-unsaturated/α-hetero) is 2.